The minimum Gasteiger partial charge on any atom is -0.409 e. The molecular weight excluding hydrogens is 258 g/mol. The van der Waals surface area contributed by atoms with E-state index in [1.54, 1.807) is 0 Å². The van der Waals surface area contributed by atoms with Gasteiger partial charge in [0.1, 0.15) is 0 Å². The Morgan fingerprint density at radius 1 is 1.53 bits per heavy atom. The Labute approximate surface area is 119 Å². The first-order valence-electron chi connectivity index (χ1n) is 6.39. The van der Waals surface area contributed by atoms with Crippen LogP contribution in [0.15, 0.2) is 23.4 Å². The Kier molecular flexibility index (Phi) is 6.73. The van der Waals surface area contributed by atoms with Gasteiger partial charge in [0.05, 0.1) is 0 Å². The van der Waals surface area contributed by atoms with Crippen molar-refractivity contribution in [3.8, 4) is 0 Å². The van der Waals surface area contributed by atoms with Crippen molar-refractivity contribution in [2.75, 3.05) is 12.8 Å². The molecule has 0 amide bonds. The molecule has 106 valence electrons. The number of nitrogens with one attached hydrogen (secondary N) is 1. The fraction of sp³-hybridized carbons (Fsp3) is 0.500. The Balaban J connectivity index is 2.51. The summed E-state index contributed by atoms with van der Waals surface area (Å²) in [5.74, 6) is 0.149. The number of amidine groups is 1. The average molecular weight is 281 g/mol. The molecule has 0 saturated carbocycles. The second-order valence-electron chi connectivity index (χ2n) is 4.64. The normalized spacial score (nSPS) is 13.5. The van der Waals surface area contributed by atoms with Crippen LogP contribution in [0.3, 0.4) is 0 Å². The van der Waals surface area contributed by atoms with Crippen molar-refractivity contribution in [2.45, 2.75) is 32.1 Å². The van der Waals surface area contributed by atoms with Gasteiger partial charge in [0.2, 0.25) is 0 Å². The van der Waals surface area contributed by atoms with Gasteiger partial charge >= 0.3 is 0 Å². The maximum absolute atomic E-state index is 8.65. The maximum atomic E-state index is 8.65. The molecule has 1 aromatic rings. The summed E-state index contributed by atoms with van der Waals surface area (Å²) in [5, 5.41) is 15.8. The van der Waals surface area contributed by atoms with Crippen LogP contribution in [0.5, 0.6) is 0 Å². The molecular formula is C14H23N3OS. The van der Waals surface area contributed by atoms with E-state index in [4.69, 9.17) is 10.9 Å². The zero-order chi connectivity index (χ0) is 14.3. The molecule has 0 spiro atoms. The predicted octanol–water partition coefficient (Wildman–Crippen LogP) is 2.32. The summed E-state index contributed by atoms with van der Waals surface area (Å²) in [6.07, 6.45) is 3.31. The van der Waals surface area contributed by atoms with E-state index in [1.807, 2.05) is 36.9 Å². The van der Waals surface area contributed by atoms with Crippen LogP contribution in [0.2, 0.25) is 0 Å². The van der Waals surface area contributed by atoms with E-state index in [9.17, 15) is 0 Å². The molecule has 0 radical (unpaired) electrons. The van der Waals surface area contributed by atoms with E-state index < -0.39 is 0 Å². The fourth-order valence-corrected chi connectivity index (χ4v) is 2.11. The van der Waals surface area contributed by atoms with Crippen LogP contribution in [0.25, 0.3) is 0 Å². The third-order valence-electron chi connectivity index (χ3n) is 3.19. The molecule has 0 fully saturated rings. The third kappa shape index (κ3) is 5.12. The molecule has 19 heavy (non-hydrogen) atoms. The summed E-state index contributed by atoms with van der Waals surface area (Å²) in [6.45, 7) is 6.14. The highest BCUT2D eigenvalue weighted by Gasteiger charge is 2.04. The monoisotopic (exact) mass is 281 g/mol. The highest BCUT2D eigenvalue weighted by atomic mass is 32.2. The van der Waals surface area contributed by atoms with Crippen molar-refractivity contribution in [1.29, 1.82) is 0 Å². The third-order valence-corrected chi connectivity index (χ3v) is 4.23. The van der Waals surface area contributed by atoms with Crippen LogP contribution in [-0.2, 0) is 6.54 Å². The topological polar surface area (TPSA) is 70.6 Å². The SMILES string of the molecule is CSC(C)CCNCc1ccc(/C(N)=N/O)cc1C. The highest BCUT2D eigenvalue weighted by Crippen LogP contribution is 2.12. The maximum Gasteiger partial charge on any atom is 0.170 e. The van der Waals surface area contributed by atoms with Gasteiger partial charge < -0.3 is 16.3 Å². The van der Waals surface area contributed by atoms with E-state index in [0.29, 0.717) is 5.25 Å². The number of hydrogen-bond donors (Lipinski definition) is 3. The summed E-state index contributed by atoms with van der Waals surface area (Å²) in [5.41, 5.74) is 8.70. The van der Waals surface area contributed by atoms with Gasteiger partial charge in [-0.1, -0.05) is 24.2 Å². The second kappa shape index (κ2) is 8.07. The van der Waals surface area contributed by atoms with Gasteiger partial charge in [-0.3, -0.25) is 0 Å². The van der Waals surface area contributed by atoms with E-state index in [1.165, 1.54) is 12.0 Å². The summed E-state index contributed by atoms with van der Waals surface area (Å²) in [4.78, 5) is 0. The van der Waals surface area contributed by atoms with Crippen LogP contribution in [0.1, 0.15) is 30.0 Å². The van der Waals surface area contributed by atoms with Crippen molar-refractivity contribution < 1.29 is 5.21 Å². The molecule has 1 unspecified atom stereocenters. The van der Waals surface area contributed by atoms with Crippen molar-refractivity contribution >= 4 is 17.6 Å². The first-order chi connectivity index (χ1) is 9.08. The summed E-state index contributed by atoms with van der Waals surface area (Å²) >= 11 is 1.89. The number of rotatable bonds is 7. The molecule has 0 aromatic heterocycles. The van der Waals surface area contributed by atoms with Crippen LogP contribution in [0.4, 0.5) is 0 Å². The summed E-state index contributed by atoms with van der Waals surface area (Å²) < 4.78 is 0. The lowest BCUT2D eigenvalue weighted by atomic mass is 10.0. The van der Waals surface area contributed by atoms with Crippen LogP contribution >= 0.6 is 11.8 Å². The number of oxime groups is 1. The first-order valence-corrected chi connectivity index (χ1v) is 7.68. The molecule has 0 aliphatic carbocycles. The molecule has 1 aromatic carbocycles. The van der Waals surface area contributed by atoms with Crippen molar-refractivity contribution in [3.63, 3.8) is 0 Å². The van der Waals surface area contributed by atoms with E-state index in [2.05, 4.69) is 23.7 Å². The molecule has 0 bridgehead atoms. The van der Waals surface area contributed by atoms with Crippen LogP contribution in [-0.4, -0.2) is 29.1 Å². The van der Waals surface area contributed by atoms with Crippen molar-refractivity contribution in [1.82, 2.24) is 5.32 Å². The number of hydrogen-bond acceptors (Lipinski definition) is 4. The van der Waals surface area contributed by atoms with Gasteiger partial charge in [0, 0.05) is 17.4 Å². The Hall–Kier alpha value is -1.20. The Bertz CT molecular complexity index is 435. The molecule has 4 nitrogen and oxygen atoms in total. The standard InChI is InChI=1S/C14H23N3OS/c1-10-8-12(14(15)17-18)4-5-13(10)9-16-7-6-11(2)19-3/h4-5,8,11,16,18H,6-7,9H2,1-3H3,(H2,15,17). The molecule has 1 atom stereocenters. The number of nitrogens with two attached hydrogens (primary N) is 1. The molecule has 0 heterocycles. The van der Waals surface area contributed by atoms with Gasteiger partial charge in [-0.05, 0) is 43.3 Å². The van der Waals surface area contributed by atoms with E-state index in [-0.39, 0.29) is 5.84 Å². The first kappa shape index (κ1) is 15.9. The lowest BCUT2D eigenvalue weighted by molar-refractivity contribution is 0.318. The summed E-state index contributed by atoms with van der Waals surface area (Å²) in [6, 6.07) is 5.84. The van der Waals surface area contributed by atoms with Gasteiger partial charge in [-0.25, -0.2) is 0 Å². The Morgan fingerprint density at radius 2 is 2.26 bits per heavy atom. The molecule has 5 heteroatoms. The number of thioether (sulfide) groups is 1. The lowest BCUT2D eigenvalue weighted by Crippen LogP contribution is -2.19. The Morgan fingerprint density at radius 3 is 2.84 bits per heavy atom. The lowest BCUT2D eigenvalue weighted by Gasteiger charge is -2.11. The van der Waals surface area contributed by atoms with Crippen LogP contribution in [0, 0.1) is 6.92 Å². The largest absolute Gasteiger partial charge is 0.409 e. The molecule has 4 N–H and O–H groups in total. The zero-order valence-electron chi connectivity index (χ0n) is 11.8. The minimum absolute atomic E-state index is 0.149. The van der Waals surface area contributed by atoms with Gasteiger partial charge in [-0.15, -0.1) is 0 Å². The van der Waals surface area contributed by atoms with Gasteiger partial charge in [0.15, 0.2) is 5.84 Å². The van der Waals surface area contributed by atoms with E-state index in [0.717, 1.165) is 24.2 Å². The van der Waals surface area contributed by atoms with Gasteiger partial charge in [0.25, 0.3) is 0 Å². The predicted molar refractivity (Wildman–Crippen MR) is 83.0 cm³/mol. The average Bonchev–Trinajstić information content (AvgIpc) is 2.43. The fourth-order valence-electron chi connectivity index (χ4n) is 1.76. The van der Waals surface area contributed by atoms with E-state index >= 15 is 0 Å². The number of benzene rings is 1. The minimum atomic E-state index is 0.149. The second-order valence-corrected chi connectivity index (χ2v) is 5.91. The molecule has 0 aliphatic rings. The number of aryl methyl sites for hydroxylation is 1. The smallest absolute Gasteiger partial charge is 0.170 e. The molecule has 0 aliphatic heterocycles. The molecule has 0 saturated heterocycles. The van der Waals surface area contributed by atoms with Crippen LogP contribution < -0.4 is 11.1 Å². The van der Waals surface area contributed by atoms with Crippen molar-refractivity contribution in [2.24, 2.45) is 10.9 Å². The van der Waals surface area contributed by atoms with Gasteiger partial charge in [-0.2, -0.15) is 11.8 Å². The molecule has 1 rings (SSSR count). The summed E-state index contributed by atoms with van der Waals surface area (Å²) in [7, 11) is 0. The number of nitrogens with zero attached hydrogens (tertiary/aromatic N) is 1. The van der Waals surface area contributed by atoms with Crippen molar-refractivity contribution in [3.05, 3.63) is 34.9 Å². The zero-order valence-corrected chi connectivity index (χ0v) is 12.6. The highest BCUT2D eigenvalue weighted by molar-refractivity contribution is 7.99. The quantitative estimate of drug-likeness (QED) is 0.236.